The van der Waals surface area contributed by atoms with Crippen LogP contribution in [0.4, 0.5) is 13.2 Å². The second-order valence-electron chi connectivity index (χ2n) is 5.22. The minimum Gasteiger partial charge on any atom is -0.309 e. The molecule has 2 rings (SSSR count). The fourth-order valence-electron chi connectivity index (χ4n) is 1.84. The van der Waals surface area contributed by atoms with Gasteiger partial charge in [-0.15, -0.1) is 11.3 Å². The van der Waals surface area contributed by atoms with Gasteiger partial charge in [-0.05, 0) is 31.9 Å². The summed E-state index contributed by atoms with van der Waals surface area (Å²) in [6, 6.07) is 2.43. The molecule has 1 atom stereocenters. The Balaban J connectivity index is 1.94. The summed E-state index contributed by atoms with van der Waals surface area (Å²) in [4.78, 5) is 0.853. The molecule has 21 heavy (non-hydrogen) atoms. The SMILES string of the molecule is CC(CC(F)(F)F)NS(=O)(=O)c1ccc(CNC2CC2)s1. The fourth-order valence-corrected chi connectivity index (χ4v) is 4.41. The lowest BCUT2D eigenvalue weighted by Crippen LogP contribution is -2.35. The molecular weight excluding hydrogens is 325 g/mol. The highest BCUT2D eigenvalue weighted by atomic mass is 32.2. The van der Waals surface area contributed by atoms with Gasteiger partial charge in [0.1, 0.15) is 4.21 Å². The minimum atomic E-state index is -4.39. The average molecular weight is 342 g/mol. The monoisotopic (exact) mass is 342 g/mol. The lowest BCUT2D eigenvalue weighted by molar-refractivity contribution is -0.137. The van der Waals surface area contributed by atoms with Gasteiger partial charge in [0.25, 0.3) is 0 Å². The van der Waals surface area contributed by atoms with E-state index in [9.17, 15) is 21.6 Å². The molecule has 0 saturated heterocycles. The maximum Gasteiger partial charge on any atom is 0.390 e. The van der Waals surface area contributed by atoms with Crippen LogP contribution in [-0.2, 0) is 16.6 Å². The molecule has 0 aromatic carbocycles. The van der Waals surface area contributed by atoms with Crippen molar-refractivity contribution in [3.63, 3.8) is 0 Å². The molecule has 1 saturated carbocycles. The first-order valence-electron chi connectivity index (χ1n) is 6.57. The summed E-state index contributed by atoms with van der Waals surface area (Å²) in [6.45, 7) is 1.79. The van der Waals surface area contributed by atoms with Crippen molar-refractivity contribution in [3.05, 3.63) is 17.0 Å². The van der Waals surface area contributed by atoms with Gasteiger partial charge in [-0.25, -0.2) is 13.1 Å². The molecule has 1 aliphatic rings. The molecule has 120 valence electrons. The van der Waals surface area contributed by atoms with E-state index in [4.69, 9.17) is 0 Å². The van der Waals surface area contributed by atoms with Crippen LogP contribution in [0.15, 0.2) is 16.3 Å². The molecule has 9 heteroatoms. The third-order valence-corrected chi connectivity index (χ3v) is 6.10. The van der Waals surface area contributed by atoms with Crippen LogP contribution in [-0.4, -0.2) is 26.7 Å². The lowest BCUT2D eigenvalue weighted by Gasteiger charge is -2.15. The van der Waals surface area contributed by atoms with Crippen LogP contribution in [0.2, 0.25) is 0 Å². The predicted octanol–water partition coefficient (Wildman–Crippen LogP) is 2.62. The molecule has 1 unspecified atom stereocenters. The van der Waals surface area contributed by atoms with Crippen molar-refractivity contribution in [1.29, 1.82) is 0 Å². The van der Waals surface area contributed by atoms with E-state index in [2.05, 4.69) is 10.0 Å². The number of hydrogen-bond acceptors (Lipinski definition) is 4. The Kier molecular flexibility index (Phi) is 4.96. The van der Waals surface area contributed by atoms with Crippen LogP contribution in [0.5, 0.6) is 0 Å². The first-order chi connectivity index (χ1) is 9.66. The van der Waals surface area contributed by atoms with Gasteiger partial charge in [-0.3, -0.25) is 0 Å². The smallest absolute Gasteiger partial charge is 0.309 e. The number of nitrogens with one attached hydrogen (secondary N) is 2. The summed E-state index contributed by atoms with van der Waals surface area (Å²) >= 11 is 1.08. The molecule has 1 aromatic heterocycles. The number of alkyl halides is 3. The summed E-state index contributed by atoms with van der Waals surface area (Å²) in [7, 11) is -3.89. The van der Waals surface area contributed by atoms with E-state index in [0.717, 1.165) is 29.1 Å². The van der Waals surface area contributed by atoms with Gasteiger partial charge in [-0.1, -0.05) is 0 Å². The zero-order valence-electron chi connectivity index (χ0n) is 11.4. The van der Waals surface area contributed by atoms with E-state index in [1.54, 1.807) is 6.07 Å². The van der Waals surface area contributed by atoms with Crippen molar-refractivity contribution in [1.82, 2.24) is 10.0 Å². The molecule has 0 radical (unpaired) electrons. The number of thiophene rings is 1. The summed E-state index contributed by atoms with van der Waals surface area (Å²) in [5.74, 6) is 0. The molecular formula is C12H17F3N2O2S2. The van der Waals surface area contributed by atoms with Crippen LogP contribution < -0.4 is 10.0 Å². The van der Waals surface area contributed by atoms with Gasteiger partial charge >= 0.3 is 6.18 Å². The van der Waals surface area contributed by atoms with Crippen molar-refractivity contribution in [3.8, 4) is 0 Å². The predicted molar refractivity (Wildman–Crippen MR) is 74.6 cm³/mol. The zero-order chi connectivity index (χ0) is 15.7. The van der Waals surface area contributed by atoms with Crippen molar-refractivity contribution < 1.29 is 21.6 Å². The van der Waals surface area contributed by atoms with Crippen molar-refractivity contribution in [2.24, 2.45) is 0 Å². The third-order valence-electron chi connectivity index (χ3n) is 2.94. The van der Waals surface area contributed by atoms with Crippen molar-refractivity contribution >= 4 is 21.4 Å². The average Bonchev–Trinajstić information content (AvgIpc) is 2.99. The maximum atomic E-state index is 12.2. The van der Waals surface area contributed by atoms with Crippen LogP contribution >= 0.6 is 11.3 Å². The van der Waals surface area contributed by atoms with E-state index in [1.807, 2.05) is 0 Å². The van der Waals surface area contributed by atoms with Crippen LogP contribution in [0, 0.1) is 0 Å². The van der Waals surface area contributed by atoms with Crippen LogP contribution in [0.25, 0.3) is 0 Å². The van der Waals surface area contributed by atoms with Crippen molar-refractivity contribution in [2.75, 3.05) is 0 Å². The topological polar surface area (TPSA) is 58.2 Å². The normalized spacial score (nSPS) is 17.9. The Hall–Kier alpha value is -0.640. The Bertz CT molecular complexity index is 580. The van der Waals surface area contributed by atoms with Gasteiger partial charge in [0.2, 0.25) is 10.0 Å². The molecule has 0 bridgehead atoms. The Morgan fingerprint density at radius 1 is 1.38 bits per heavy atom. The Morgan fingerprint density at radius 3 is 2.62 bits per heavy atom. The quantitative estimate of drug-likeness (QED) is 0.801. The van der Waals surface area contributed by atoms with Crippen LogP contribution in [0.3, 0.4) is 0 Å². The molecule has 4 nitrogen and oxygen atoms in total. The molecule has 1 fully saturated rings. The first kappa shape index (κ1) is 16.7. The van der Waals surface area contributed by atoms with Gasteiger partial charge in [0, 0.05) is 23.5 Å². The molecule has 0 amide bonds. The summed E-state index contributed by atoms with van der Waals surface area (Å²) in [5.41, 5.74) is 0. The number of halogens is 3. The van der Waals surface area contributed by atoms with E-state index >= 15 is 0 Å². The summed E-state index contributed by atoms with van der Waals surface area (Å²) in [6.07, 6.45) is -3.31. The van der Waals surface area contributed by atoms with Crippen molar-refractivity contribution in [2.45, 2.75) is 55.2 Å². The van der Waals surface area contributed by atoms with E-state index in [-0.39, 0.29) is 4.21 Å². The Morgan fingerprint density at radius 2 is 2.05 bits per heavy atom. The zero-order valence-corrected chi connectivity index (χ0v) is 13.0. The first-order valence-corrected chi connectivity index (χ1v) is 8.87. The molecule has 0 aliphatic heterocycles. The standard InChI is InChI=1S/C12H17F3N2O2S2/c1-8(6-12(13,14)15)17-21(18,19)11-5-4-10(20-11)7-16-9-2-3-9/h4-5,8-9,16-17H,2-3,6-7H2,1H3. The minimum absolute atomic E-state index is 0.0455. The van der Waals surface area contributed by atoms with Gasteiger partial charge in [0.05, 0.1) is 6.42 Å². The molecule has 1 aliphatic carbocycles. The fraction of sp³-hybridized carbons (Fsp3) is 0.667. The molecule has 1 aromatic rings. The lowest BCUT2D eigenvalue weighted by atomic mass is 10.2. The maximum absolute atomic E-state index is 12.2. The molecule has 2 N–H and O–H groups in total. The molecule has 0 spiro atoms. The number of sulfonamides is 1. The Labute approximate surface area is 125 Å². The third kappa shape index (κ3) is 5.57. The number of rotatable bonds is 7. The van der Waals surface area contributed by atoms with Gasteiger partial charge < -0.3 is 5.32 Å². The van der Waals surface area contributed by atoms with Crippen LogP contribution in [0.1, 0.15) is 31.1 Å². The highest BCUT2D eigenvalue weighted by Crippen LogP contribution is 2.26. The van der Waals surface area contributed by atoms with Gasteiger partial charge in [0.15, 0.2) is 0 Å². The second kappa shape index (κ2) is 6.23. The van der Waals surface area contributed by atoms with E-state index < -0.39 is 28.7 Å². The van der Waals surface area contributed by atoms with E-state index in [0.29, 0.717) is 12.6 Å². The highest BCUT2D eigenvalue weighted by Gasteiger charge is 2.32. The summed E-state index contributed by atoms with van der Waals surface area (Å²) in [5, 5.41) is 3.26. The highest BCUT2D eigenvalue weighted by molar-refractivity contribution is 7.91. The second-order valence-corrected chi connectivity index (χ2v) is 8.33. The molecule has 1 heterocycles. The summed E-state index contributed by atoms with van der Waals surface area (Å²) < 4.78 is 62.8. The number of hydrogen-bond donors (Lipinski definition) is 2. The largest absolute Gasteiger partial charge is 0.390 e. The van der Waals surface area contributed by atoms with E-state index in [1.165, 1.54) is 13.0 Å². The van der Waals surface area contributed by atoms with Gasteiger partial charge in [-0.2, -0.15) is 13.2 Å².